The van der Waals surface area contributed by atoms with Gasteiger partial charge in [-0.1, -0.05) is 11.6 Å². The van der Waals surface area contributed by atoms with Crippen molar-refractivity contribution in [3.05, 3.63) is 23.0 Å². The Morgan fingerprint density at radius 2 is 2.45 bits per heavy atom. The van der Waals surface area contributed by atoms with Crippen molar-refractivity contribution in [1.82, 2.24) is 9.88 Å². The van der Waals surface area contributed by atoms with Crippen LogP contribution in [0, 0.1) is 0 Å². The Hall–Kier alpha value is -0.470. The maximum Gasteiger partial charge on any atom is 0.109 e. The number of nitrogens with zero attached hydrogens (tertiary/aromatic N) is 1. The first-order valence-corrected chi connectivity index (χ1v) is 4.25. The first-order valence-electron chi connectivity index (χ1n) is 3.87. The van der Waals surface area contributed by atoms with Crippen LogP contribution in [-0.4, -0.2) is 11.1 Å². The van der Waals surface area contributed by atoms with Gasteiger partial charge in [-0.2, -0.15) is 0 Å². The van der Waals surface area contributed by atoms with Gasteiger partial charge in [0.2, 0.25) is 0 Å². The molecule has 1 aliphatic heterocycles. The lowest BCUT2D eigenvalue weighted by Crippen LogP contribution is -2.31. The van der Waals surface area contributed by atoms with Crippen LogP contribution in [0.25, 0.3) is 0 Å². The molecule has 0 aromatic carbocycles. The van der Waals surface area contributed by atoms with Crippen molar-refractivity contribution in [2.75, 3.05) is 6.54 Å². The highest BCUT2D eigenvalue weighted by atomic mass is 35.5. The largest absolute Gasteiger partial charge is 0.333 e. The Balaban J connectivity index is 2.46. The topological polar surface area (TPSA) is 17.0 Å². The zero-order valence-electron chi connectivity index (χ0n) is 6.47. The molecule has 0 aliphatic carbocycles. The summed E-state index contributed by atoms with van der Waals surface area (Å²) in [5.74, 6) is 0. The summed E-state index contributed by atoms with van der Waals surface area (Å²) in [7, 11) is 0. The molecular weight excluding hydrogens is 160 g/mol. The number of hydrogen-bond donors (Lipinski definition) is 1. The van der Waals surface area contributed by atoms with Crippen LogP contribution in [-0.2, 0) is 6.54 Å². The monoisotopic (exact) mass is 170 g/mol. The third kappa shape index (κ3) is 1.06. The van der Waals surface area contributed by atoms with Crippen LogP contribution in [0.3, 0.4) is 0 Å². The van der Waals surface area contributed by atoms with E-state index < -0.39 is 0 Å². The summed E-state index contributed by atoms with van der Waals surface area (Å²) in [6.45, 7) is 4.16. The third-order valence-electron chi connectivity index (χ3n) is 2.19. The number of nitrogens with one attached hydrogen (secondary N) is 1. The van der Waals surface area contributed by atoms with E-state index >= 15 is 0 Å². The quantitative estimate of drug-likeness (QED) is 0.629. The molecule has 0 bridgehead atoms. The van der Waals surface area contributed by atoms with E-state index in [1.807, 2.05) is 6.07 Å². The highest BCUT2D eigenvalue weighted by Crippen LogP contribution is 2.22. The third-order valence-corrected chi connectivity index (χ3v) is 2.52. The van der Waals surface area contributed by atoms with Gasteiger partial charge in [0.15, 0.2) is 0 Å². The minimum absolute atomic E-state index is 0.441. The lowest BCUT2D eigenvalue weighted by molar-refractivity contribution is 0.449. The molecule has 0 saturated carbocycles. The fraction of sp³-hybridized carbons (Fsp3) is 0.500. The molecule has 2 heterocycles. The Bertz CT molecular complexity index is 267. The van der Waals surface area contributed by atoms with Crippen LogP contribution >= 0.6 is 11.6 Å². The number of halogens is 1. The van der Waals surface area contributed by atoms with Gasteiger partial charge in [0.25, 0.3) is 0 Å². The predicted molar refractivity (Wildman–Crippen MR) is 45.9 cm³/mol. The average Bonchev–Trinajstić information content (AvgIpc) is 2.35. The minimum Gasteiger partial charge on any atom is -0.333 e. The zero-order chi connectivity index (χ0) is 7.84. The van der Waals surface area contributed by atoms with Gasteiger partial charge >= 0.3 is 0 Å². The molecule has 1 unspecified atom stereocenters. The molecule has 2 nitrogen and oxygen atoms in total. The maximum atomic E-state index is 5.96. The second kappa shape index (κ2) is 2.54. The van der Waals surface area contributed by atoms with Gasteiger partial charge in [-0.25, -0.2) is 0 Å². The second-order valence-corrected chi connectivity index (χ2v) is 3.30. The van der Waals surface area contributed by atoms with Crippen LogP contribution in [0.1, 0.15) is 18.7 Å². The molecule has 0 fully saturated rings. The van der Waals surface area contributed by atoms with Gasteiger partial charge in [-0.05, 0) is 19.1 Å². The maximum absolute atomic E-state index is 5.96. The lowest BCUT2D eigenvalue weighted by atomic mass is 10.2. The average molecular weight is 171 g/mol. The van der Waals surface area contributed by atoms with Gasteiger partial charge in [-0.15, -0.1) is 0 Å². The summed E-state index contributed by atoms with van der Waals surface area (Å²) in [4.78, 5) is 0. The Kier molecular flexibility index (Phi) is 1.66. The first-order chi connectivity index (χ1) is 5.29. The Morgan fingerprint density at radius 1 is 1.64 bits per heavy atom. The van der Waals surface area contributed by atoms with Crippen molar-refractivity contribution < 1.29 is 0 Å². The number of rotatable bonds is 0. The van der Waals surface area contributed by atoms with E-state index in [9.17, 15) is 0 Å². The summed E-state index contributed by atoms with van der Waals surface area (Å²) >= 11 is 5.96. The van der Waals surface area contributed by atoms with E-state index in [0.717, 1.165) is 18.2 Å². The van der Waals surface area contributed by atoms with E-state index in [1.165, 1.54) is 5.69 Å². The molecule has 0 spiro atoms. The van der Waals surface area contributed by atoms with Gasteiger partial charge < -0.3 is 9.88 Å². The molecule has 1 aromatic rings. The molecule has 0 saturated heterocycles. The molecular formula is C8H11ClN2. The smallest absolute Gasteiger partial charge is 0.109 e. The van der Waals surface area contributed by atoms with Crippen molar-refractivity contribution in [3.8, 4) is 0 Å². The van der Waals surface area contributed by atoms with Gasteiger partial charge in [-0.3, -0.25) is 0 Å². The predicted octanol–water partition coefficient (Wildman–Crippen LogP) is 1.81. The van der Waals surface area contributed by atoms with Gasteiger partial charge in [0, 0.05) is 24.8 Å². The fourth-order valence-corrected chi connectivity index (χ4v) is 1.81. The summed E-state index contributed by atoms with van der Waals surface area (Å²) in [6.07, 6.45) is 0. The van der Waals surface area contributed by atoms with Crippen molar-refractivity contribution in [2.45, 2.75) is 19.5 Å². The molecule has 3 heteroatoms. The summed E-state index contributed by atoms with van der Waals surface area (Å²) < 4.78 is 2.16. The molecule has 0 radical (unpaired) electrons. The normalized spacial score (nSPS) is 23.3. The van der Waals surface area contributed by atoms with Crippen LogP contribution in [0.15, 0.2) is 12.1 Å². The number of hydrogen-bond acceptors (Lipinski definition) is 1. The lowest BCUT2D eigenvalue weighted by Gasteiger charge is -2.23. The van der Waals surface area contributed by atoms with Crippen LogP contribution in [0.4, 0.5) is 0 Å². The SMILES string of the molecule is CC1NCCn2c(Cl)ccc21. The minimum atomic E-state index is 0.441. The van der Waals surface area contributed by atoms with E-state index in [-0.39, 0.29) is 0 Å². The highest BCUT2D eigenvalue weighted by molar-refractivity contribution is 6.29. The molecule has 60 valence electrons. The summed E-state index contributed by atoms with van der Waals surface area (Å²) in [5, 5.41) is 4.23. The van der Waals surface area contributed by atoms with Crippen molar-refractivity contribution >= 4 is 11.6 Å². The molecule has 1 N–H and O–H groups in total. The molecule has 1 aliphatic rings. The van der Waals surface area contributed by atoms with Crippen LogP contribution < -0.4 is 5.32 Å². The van der Waals surface area contributed by atoms with Gasteiger partial charge in [0.05, 0.1) is 0 Å². The van der Waals surface area contributed by atoms with Crippen LogP contribution in [0.2, 0.25) is 5.15 Å². The molecule has 0 amide bonds. The molecule has 1 aromatic heterocycles. The van der Waals surface area contributed by atoms with Crippen LogP contribution in [0.5, 0.6) is 0 Å². The first kappa shape index (κ1) is 7.19. The van der Waals surface area contributed by atoms with E-state index in [2.05, 4.69) is 22.9 Å². The highest BCUT2D eigenvalue weighted by Gasteiger charge is 2.16. The Labute approximate surface area is 71.2 Å². The van der Waals surface area contributed by atoms with Crippen molar-refractivity contribution in [3.63, 3.8) is 0 Å². The standard InChI is InChI=1S/C8H11ClN2/c1-6-7-2-3-8(9)11(7)5-4-10-6/h2-3,6,10H,4-5H2,1H3. The Morgan fingerprint density at radius 3 is 3.18 bits per heavy atom. The molecule has 11 heavy (non-hydrogen) atoms. The van der Waals surface area contributed by atoms with E-state index in [0.29, 0.717) is 6.04 Å². The van der Waals surface area contributed by atoms with Crippen molar-refractivity contribution in [1.29, 1.82) is 0 Å². The molecule has 1 atom stereocenters. The zero-order valence-corrected chi connectivity index (χ0v) is 7.23. The molecule has 2 rings (SSSR count). The van der Waals surface area contributed by atoms with Gasteiger partial charge in [0.1, 0.15) is 5.15 Å². The van der Waals surface area contributed by atoms with E-state index in [1.54, 1.807) is 0 Å². The van der Waals surface area contributed by atoms with E-state index in [4.69, 9.17) is 11.6 Å². The summed E-state index contributed by atoms with van der Waals surface area (Å²) in [5.41, 5.74) is 1.29. The summed E-state index contributed by atoms with van der Waals surface area (Å²) in [6, 6.07) is 4.48. The number of aromatic nitrogens is 1. The number of fused-ring (bicyclic) bond motifs is 1. The second-order valence-electron chi connectivity index (χ2n) is 2.91. The van der Waals surface area contributed by atoms with Crippen molar-refractivity contribution in [2.24, 2.45) is 0 Å². The fourth-order valence-electron chi connectivity index (χ4n) is 1.57.